The quantitative estimate of drug-likeness (QED) is 0.533. The van der Waals surface area contributed by atoms with Gasteiger partial charge in [-0.1, -0.05) is 64.4 Å². The lowest BCUT2D eigenvalue weighted by Crippen LogP contribution is -2.42. The van der Waals surface area contributed by atoms with E-state index in [0.29, 0.717) is 19.1 Å². The molecule has 0 spiro atoms. The van der Waals surface area contributed by atoms with Crippen LogP contribution >= 0.6 is 0 Å². The highest BCUT2D eigenvalue weighted by Crippen LogP contribution is 2.36. The summed E-state index contributed by atoms with van der Waals surface area (Å²) in [6, 6.07) is 10.3. The number of aliphatic hydroxyl groups excluding tert-OH is 1. The Balaban J connectivity index is 2.13. The van der Waals surface area contributed by atoms with Gasteiger partial charge < -0.3 is 14.3 Å². The number of ether oxygens (including phenoxy) is 1. The number of rotatable bonds is 11. The van der Waals surface area contributed by atoms with Crippen LogP contribution in [0, 0.1) is 5.92 Å². The summed E-state index contributed by atoms with van der Waals surface area (Å²) in [6.07, 6.45) is 2.54. The molecule has 0 radical (unpaired) electrons. The third-order valence-corrected chi connectivity index (χ3v) is 9.69. The summed E-state index contributed by atoms with van der Waals surface area (Å²) in [4.78, 5) is 0. The predicted octanol–water partition coefficient (Wildman–Crippen LogP) is 5.39. The van der Waals surface area contributed by atoms with E-state index in [4.69, 9.17) is 9.16 Å². The smallest absolute Gasteiger partial charge is 0.192 e. The minimum Gasteiger partial charge on any atom is -0.414 e. The van der Waals surface area contributed by atoms with Crippen LogP contribution in [-0.4, -0.2) is 32.7 Å². The molecular weight excluding hydrogens is 328 g/mol. The van der Waals surface area contributed by atoms with Gasteiger partial charge in [0.15, 0.2) is 8.32 Å². The van der Waals surface area contributed by atoms with Crippen molar-refractivity contribution in [1.29, 1.82) is 0 Å². The van der Waals surface area contributed by atoms with Crippen molar-refractivity contribution >= 4 is 8.32 Å². The molecule has 1 aromatic rings. The van der Waals surface area contributed by atoms with Crippen molar-refractivity contribution in [2.24, 2.45) is 5.92 Å². The van der Waals surface area contributed by atoms with E-state index in [1.165, 1.54) is 5.56 Å². The SMILES string of the molecule is C[C@H](CCC[C@@H](O)CO[Si](C)(C)C(C)(C)C)COCc1ccccc1. The molecule has 144 valence electrons. The molecule has 1 N–H and O–H groups in total. The summed E-state index contributed by atoms with van der Waals surface area (Å²) in [5.41, 5.74) is 1.22. The van der Waals surface area contributed by atoms with E-state index in [1.54, 1.807) is 0 Å². The molecule has 1 rings (SSSR count). The molecule has 0 saturated carbocycles. The molecule has 0 unspecified atom stereocenters. The summed E-state index contributed by atoms with van der Waals surface area (Å²) in [6.45, 7) is 15.3. The van der Waals surface area contributed by atoms with E-state index in [9.17, 15) is 5.11 Å². The van der Waals surface area contributed by atoms with Gasteiger partial charge in [0, 0.05) is 6.61 Å². The maximum absolute atomic E-state index is 10.2. The monoisotopic (exact) mass is 366 g/mol. The normalized spacial score (nSPS) is 15.2. The van der Waals surface area contributed by atoms with E-state index in [0.717, 1.165) is 25.9 Å². The number of benzene rings is 1. The van der Waals surface area contributed by atoms with Crippen LogP contribution in [-0.2, 0) is 15.8 Å². The highest BCUT2D eigenvalue weighted by Gasteiger charge is 2.37. The molecule has 1 aromatic carbocycles. The van der Waals surface area contributed by atoms with Gasteiger partial charge in [0.25, 0.3) is 0 Å². The lowest BCUT2D eigenvalue weighted by Gasteiger charge is -2.36. The maximum Gasteiger partial charge on any atom is 0.192 e. The first-order valence-corrected chi connectivity index (χ1v) is 12.5. The first-order chi connectivity index (χ1) is 11.6. The molecule has 0 amide bonds. The van der Waals surface area contributed by atoms with Gasteiger partial charge in [0.1, 0.15) is 0 Å². The van der Waals surface area contributed by atoms with E-state index in [2.05, 4.69) is 52.9 Å². The third kappa shape index (κ3) is 9.00. The van der Waals surface area contributed by atoms with Crippen LogP contribution in [0.15, 0.2) is 30.3 Å². The molecule has 0 aliphatic rings. The Labute approximate surface area is 155 Å². The Bertz CT molecular complexity index is 468. The van der Waals surface area contributed by atoms with Crippen molar-refractivity contribution in [3.63, 3.8) is 0 Å². The summed E-state index contributed by atoms with van der Waals surface area (Å²) in [5, 5.41) is 10.4. The summed E-state index contributed by atoms with van der Waals surface area (Å²) in [7, 11) is -1.76. The van der Waals surface area contributed by atoms with Gasteiger partial charge in [0.05, 0.1) is 19.3 Å². The molecule has 0 aromatic heterocycles. The van der Waals surface area contributed by atoms with Gasteiger partial charge in [-0.25, -0.2) is 0 Å². The van der Waals surface area contributed by atoms with Crippen molar-refractivity contribution in [1.82, 2.24) is 0 Å². The Kier molecular flexibility index (Phi) is 9.36. The first-order valence-electron chi connectivity index (χ1n) is 9.55. The zero-order valence-corrected chi connectivity index (χ0v) is 18.0. The van der Waals surface area contributed by atoms with Crippen molar-refractivity contribution in [3.05, 3.63) is 35.9 Å². The van der Waals surface area contributed by atoms with Crippen molar-refractivity contribution < 1.29 is 14.3 Å². The second-order valence-electron chi connectivity index (χ2n) is 8.76. The van der Waals surface area contributed by atoms with Gasteiger partial charge in [-0.2, -0.15) is 0 Å². The zero-order chi connectivity index (χ0) is 18.9. The topological polar surface area (TPSA) is 38.7 Å². The molecule has 0 fully saturated rings. The molecule has 2 atom stereocenters. The second kappa shape index (κ2) is 10.5. The minimum atomic E-state index is -1.76. The molecule has 0 saturated heterocycles. The van der Waals surface area contributed by atoms with Crippen LogP contribution in [0.1, 0.15) is 52.5 Å². The third-order valence-electron chi connectivity index (χ3n) is 5.19. The van der Waals surface area contributed by atoms with E-state index >= 15 is 0 Å². The lowest BCUT2D eigenvalue weighted by atomic mass is 10.0. The minimum absolute atomic E-state index is 0.192. The maximum atomic E-state index is 10.2. The van der Waals surface area contributed by atoms with E-state index in [1.807, 2.05) is 18.2 Å². The fourth-order valence-electron chi connectivity index (χ4n) is 2.34. The van der Waals surface area contributed by atoms with Crippen LogP contribution in [0.2, 0.25) is 18.1 Å². The molecule has 0 aliphatic heterocycles. The van der Waals surface area contributed by atoms with Gasteiger partial charge in [-0.05, 0) is 42.5 Å². The van der Waals surface area contributed by atoms with Crippen LogP contribution in [0.25, 0.3) is 0 Å². The van der Waals surface area contributed by atoms with Gasteiger partial charge in [-0.15, -0.1) is 0 Å². The Hall–Kier alpha value is -0.683. The Morgan fingerprint density at radius 2 is 1.68 bits per heavy atom. The first kappa shape index (κ1) is 22.4. The molecule has 0 bridgehead atoms. The molecule has 0 heterocycles. The largest absolute Gasteiger partial charge is 0.414 e. The average Bonchev–Trinajstić information content (AvgIpc) is 2.53. The standard InChI is InChI=1S/C21H38O3Si/c1-18(15-23-16-19-12-8-7-9-13-19)11-10-14-20(22)17-24-25(5,6)21(2,3)4/h7-9,12-13,18,20,22H,10-11,14-17H2,1-6H3/t18-,20-/m1/s1. The average molecular weight is 367 g/mol. The van der Waals surface area contributed by atoms with Crippen LogP contribution in [0.4, 0.5) is 0 Å². The summed E-state index contributed by atoms with van der Waals surface area (Å²) < 4.78 is 11.9. The Morgan fingerprint density at radius 3 is 2.28 bits per heavy atom. The molecule has 4 heteroatoms. The number of aliphatic hydroxyl groups is 1. The molecule has 3 nitrogen and oxygen atoms in total. The predicted molar refractivity (Wildman–Crippen MR) is 108 cm³/mol. The highest BCUT2D eigenvalue weighted by atomic mass is 28.4. The van der Waals surface area contributed by atoms with Crippen molar-refractivity contribution in [3.8, 4) is 0 Å². The lowest BCUT2D eigenvalue weighted by molar-refractivity contribution is 0.0766. The molecular formula is C21H38O3Si. The van der Waals surface area contributed by atoms with E-state index in [-0.39, 0.29) is 11.1 Å². The van der Waals surface area contributed by atoms with Gasteiger partial charge in [-0.3, -0.25) is 0 Å². The highest BCUT2D eigenvalue weighted by molar-refractivity contribution is 6.74. The molecule has 0 aliphatic carbocycles. The van der Waals surface area contributed by atoms with Crippen LogP contribution in [0.3, 0.4) is 0 Å². The van der Waals surface area contributed by atoms with Crippen LogP contribution in [0.5, 0.6) is 0 Å². The number of hydrogen-bond donors (Lipinski definition) is 1. The van der Waals surface area contributed by atoms with Crippen LogP contribution < -0.4 is 0 Å². The van der Waals surface area contributed by atoms with E-state index < -0.39 is 8.32 Å². The van der Waals surface area contributed by atoms with Crippen molar-refractivity contribution in [2.45, 2.75) is 77.8 Å². The second-order valence-corrected chi connectivity index (χ2v) is 13.6. The summed E-state index contributed by atoms with van der Waals surface area (Å²) >= 11 is 0. The van der Waals surface area contributed by atoms with Gasteiger partial charge in [0.2, 0.25) is 0 Å². The van der Waals surface area contributed by atoms with Crippen molar-refractivity contribution in [2.75, 3.05) is 13.2 Å². The summed E-state index contributed by atoms with van der Waals surface area (Å²) in [5.74, 6) is 0.511. The fraction of sp³-hybridized carbons (Fsp3) is 0.714. The molecule has 25 heavy (non-hydrogen) atoms. The number of hydrogen-bond acceptors (Lipinski definition) is 3. The Morgan fingerprint density at radius 1 is 1.04 bits per heavy atom. The fourth-order valence-corrected chi connectivity index (χ4v) is 3.38. The zero-order valence-electron chi connectivity index (χ0n) is 17.0. The van der Waals surface area contributed by atoms with Gasteiger partial charge >= 0.3 is 0 Å².